The summed E-state index contributed by atoms with van der Waals surface area (Å²) in [5.41, 5.74) is 5.33. The Labute approximate surface area is 119 Å². The molecular weight excluding hydrogens is 302 g/mol. The van der Waals surface area contributed by atoms with Gasteiger partial charge < -0.3 is 10.8 Å². The van der Waals surface area contributed by atoms with Crippen molar-refractivity contribution in [1.29, 1.82) is 0 Å². The number of rotatable bonds is 4. The third kappa shape index (κ3) is 2.89. The molecule has 0 aliphatic heterocycles. The molecule has 0 spiro atoms. The zero-order chi connectivity index (χ0) is 14.9. The van der Waals surface area contributed by atoms with Gasteiger partial charge in [-0.2, -0.15) is 0 Å². The summed E-state index contributed by atoms with van der Waals surface area (Å²) in [5, 5.41) is 9.21. The first-order valence-electron chi connectivity index (χ1n) is 5.37. The number of nitrogens with two attached hydrogens (primary N) is 1. The number of thiazole rings is 1. The van der Waals surface area contributed by atoms with E-state index in [4.69, 9.17) is 10.8 Å². The number of nitrogens with one attached hydrogen (secondary N) is 1. The van der Waals surface area contributed by atoms with Crippen LogP contribution >= 0.6 is 11.3 Å². The van der Waals surface area contributed by atoms with Crippen molar-refractivity contribution in [2.24, 2.45) is 0 Å². The number of carboxylic acids is 1. The Bertz CT molecular complexity index is 768. The zero-order valence-electron chi connectivity index (χ0n) is 10.3. The van der Waals surface area contributed by atoms with Crippen LogP contribution in [0.2, 0.25) is 0 Å². The maximum absolute atomic E-state index is 12.2. The molecular formula is C11H11N3O4S2. The van der Waals surface area contributed by atoms with Crippen LogP contribution < -0.4 is 10.5 Å². The number of benzene rings is 1. The van der Waals surface area contributed by atoms with Gasteiger partial charge in [0.25, 0.3) is 10.0 Å². The van der Waals surface area contributed by atoms with Gasteiger partial charge in [-0.1, -0.05) is 0 Å². The summed E-state index contributed by atoms with van der Waals surface area (Å²) in [5.74, 6) is -1.35. The van der Waals surface area contributed by atoms with Crippen LogP contribution in [0.1, 0.15) is 15.2 Å². The normalized spacial score (nSPS) is 11.2. The average Bonchev–Trinajstić information content (AvgIpc) is 2.73. The molecule has 2 rings (SSSR count). The number of sulfonamides is 1. The lowest BCUT2D eigenvalue weighted by Gasteiger charge is -2.09. The Kier molecular flexibility index (Phi) is 3.64. The first kappa shape index (κ1) is 14.3. The second-order valence-electron chi connectivity index (χ2n) is 3.94. The van der Waals surface area contributed by atoms with E-state index in [2.05, 4.69) is 9.71 Å². The molecule has 106 valence electrons. The Morgan fingerprint density at radius 2 is 2.15 bits per heavy atom. The molecule has 0 aliphatic rings. The minimum Gasteiger partial charge on any atom is -0.478 e. The number of aromatic nitrogens is 1. The number of carboxylic acid groups (broad SMARTS) is 1. The fourth-order valence-electron chi connectivity index (χ4n) is 1.51. The molecule has 0 bridgehead atoms. The highest BCUT2D eigenvalue weighted by molar-refractivity contribution is 7.93. The minimum absolute atomic E-state index is 0.158. The molecule has 1 aromatic carbocycles. The SMILES string of the molecule is Cc1cnc(NS(=O)(=O)c2cc(N)ccc2C(=O)O)s1. The van der Waals surface area contributed by atoms with Crippen molar-refractivity contribution in [3.8, 4) is 0 Å². The van der Waals surface area contributed by atoms with Crippen molar-refractivity contribution in [3.63, 3.8) is 0 Å². The van der Waals surface area contributed by atoms with Crippen molar-refractivity contribution in [2.45, 2.75) is 11.8 Å². The molecule has 0 radical (unpaired) electrons. The van der Waals surface area contributed by atoms with Crippen molar-refractivity contribution in [2.75, 3.05) is 10.5 Å². The fourth-order valence-corrected chi connectivity index (χ4v) is 3.65. The van der Waals surface area contributed by atoms with E-state index in [1.165, 1.54) is 12.3 Å². The number of aromatic carboxylic acids is 1. The summed E-state index contributed by atoms with van der Waals surface area (Å²) in [6, 6.07) is 3.58. The molecule has 0 amide bonds. The molecule has 7 nitrogen and oxygen atoms in total. The van der Waals surface area contributed by atoms with E-state index in [-0.39, 0.29) is 16.4 Å². The van der Waals surface area contributed by atoms with E-state index in [1.807, 2.05) is 0 Å². The first-order chi connectivity index (χ1) is 9.29. The lowest BCUT2D eigenvalue weighted by Crippen LogP contribution is -2.17. The summed E-state index contributed by atoms with van der Waals surface area (Å²) < 4.78 is 26.7. The number of hydrogen-bond donors (Lipinski definition) is 3. The minimum atomic E-state index is -4.06. The highest BCUT2D eigenvalue weighted by Gasteiger charge is 2.23. The molecule has 0 saturated heterocycles. The van der Waals surface area contributed by atoms with Gasteiger partial charge in [-0.05, 0) is 25.1 Å². The third-order valence-corrected chi connectivity index (χ3v) is 4.70. The lowest BCUT2D eigenvalue weighted by molar-refractivity contribution is 0.0692. The van der Waals surface area contributed by atoms with Crippen molar-refractivity contribution >= 4 is 38.1 Å². The van der Waals surface area contributed by atoms with Crippen molar-refractivity contribution < 1.29 is 18.3 Å². The number of anilines is 2. The highest BCUT2D eigenvalue weighted by Crippen LogP contribution is 2.24. The van der Waals surface area contributed by atoms with Gasteiger partial charge in [-0.3, -0.25) is 4.72 Å². The quantitative estimate of drug-likeness (QED) is 0.736. The fraction of sp³-hybridized carbons (Fsp3) is 0.0909. The standard InChI is InChI=1S/C11H11N3O4S2/c1-6-5-13-11(19-6)14-20(17,18)9-4-7(12)2-3-8(9)10(15)16/h2-5H,12H2,1H3,(H,13,14)(H,15,16). The van der Waals surface area contributed by atoms with Crippen LogP contribution in [-0.2, 0) is 10.0 Å². The van der Waals surface area contributed by atoms with Crippen LogP contribution in [0.3, 0.4) is 0 Å². The van der Waals surface area contributed by atoms with Crippen LogP contribution in [0.15, 0.2) is 29.3 Å². The Hall–Kier alpha value is -2.13. The zero-order valence-corrected chi connectivity index (χ0v) is 12.0. The summed E-state index contributed by atoms with van der Waals surface area (Å²) in [6.45, 7) is 1.78. The van der Waals surface area contributed by atoms with E-state index < -0.39 is 20.9 Å². The highest BCUT2D eigenvalue weighted by atomic mass is 32.2. The maximum Gasteiger partial charge on any atom is 0.337 e. The van der Waals surface area contributed by atoms with Gasteiger partial charge >= 0.3 is 5.97 Å². The average molecular weight is 313 g/mol. The van der Waals surface area contributed by atoms with Gasteiger partial charge in [0, 0.05) is 16.8 Å². The number of hydrogen-bond acceptors (Lipinski definition) is 6. The van der Waals surface area contributed by atoms with Crippen LogP contribution in [-0.4, -0.2) is 24.5 Å². The molecule has 0 aliphatic carbocycles. The largest absolute Gasteiger partial charge is 0.478 e. The second-order valence-corrected chi connectivity index (χ2v) is 6.83. The van der Waals surface area contributed by atoms with Crippen molar-refractivity contribution in [1.82, 2.24) is 4.98 Å². The van der Waals surface area contributed by atoms with Gasteiger partial charge in [0.2, 0.25) is 0 Å². The van der Waals surface area contributed by atoms with Crippen molar-refractivity contribution in [3.05, 3.63) is 34.8 Å². The van der Waals surface area contributed by atoms with Crippen LogP contribution in [0.25, 0.3) is 0 Å². The Morgan fingerprint density at radius 1 is 1.45 bits per heavy atom. The Morgan fingerprint density at radius 3 is 2.70 bits per heavy atom. The molecule has 0 unspecified atom stereocenters. The molecule has 2 aromatic rings. The molecule has 0 saturated carbocycles. The van der Waals surface area contributed by atoms with Crippen LogP contribution in [0.4, 0.5) is 10.8 Å². The summed E-state index contributed by atoms with van der Waals surface area (Å²) in [6.07, 6.45) is 1.51. The predicted octanol–water partition coefficient (Wildman–Crippen LogP) is 1.53. The van der Waals surface area contributed by atoms with Gasteiger partial charge in [0.1, 0.15) is 4.90 Å². The monoisotopic (exact) mass is 313 g/mol. The number of aryl methyl sites for hydroxylation is 1. The second kappa shape index (κ2) is 5.10. The molecule has 1 aromatic heterocycles. The lowest BCUT2D eigenvalue weighted by atomic mass is 10.2. The summed E-state index contributed by atoms with van der Waals surface area (Å²) in [7, 11) is -4.06. The molecule has 1 heterocycles. The molecule has 9 heteroatoms. The summed E-state index contributed by atoms with van der Waals surface area (Å²) >= 11 is 1.15. The molecule has 0 atom stereocenters. The predicted molar refractivity (Wildman–Crippen MR) is 75.5 cm³/mol. The number of carbonyl (C=O) groups is 1. The Balaban J connectivity index is 2.48. The van der Waals surface area contributed by atoms with E-state index in [1.54, 1.807) is 6.92 Å². The smallest absolute Gasteiger partial charge is 0.337 e. The van der Waals surface area contributed by atoms with Gasteiger partial charge in [-0.15, -0.1) is 11.3 Å². The molecule has 20 heavy (non-hydrogen) atoms. The maximum atomic E-state index is 12.2. The first-order valence-corrected chi connectivity index (χ1v) is 7.67. The third-order valence-electron chi connectivity index (χ3n) is 2.37. The van der Waals surface area contributed by atoms with Gasteiger partial charge in [-0.25, -0.2) is 18.2 Å². The van der Waals surface area contributed by atoms with Gasteiger partial charge in [0.15, 0.2) is 5.13 Å². The number of nitrogens with zero attached hydrogens (tertiary/aromatic N) is 1. The molecule has 0 fully saturated rings. The topological polar surface area (TPSA) is 122 Å². The van der Waals surface area contributed by atoms with Crippen LogP contribution in [0, 0.1) is 6.92 Å². The number of nitrogen functional groups attached to an aromatic ring is 1. The van der Waals surface area contributed by atoms with E-state index >= 15 is 0 Å². The van der Waals surface area contributed by atoms with E-state index in [9.17, 15) is 13.2 Å². The van der Waals surface area contributed by atoms with Gasteiger partial charge in [0.05, 0.1) is 5.56 Å². The van der Waals surface area contributed by atoms with E-state index in [0.29, 0.717) is 0 Å². The van der Waals surface area contributed by atoms with E-state index in [0.717, 1.165) is 28.3 Å². The molecule has 4 N–H and O–H groups in total. The van der Waals surface area contributed by atoms with Crippen LogP contribution in [0.5, 0.6) is 0 Å². The summed E-state index contributed by atoms with van der Waals surface area (Å²) in [4.78, 5) is 15.4.